The predicted molar refractivity (Wildman–Crippen MR) is 62.8 cm³/mol. The van der Waals surface area contributed by atoms with Gasteiger partial charge in [-0.05, 0) is 26.8 Å². The summed E-state index contributed by atoms with van der Waals surface area (Å²) in [5.74, 6) is 5.66. The zero-order valence-electron chi connectivity index (χ0n) is 10.0. The third kappa shape index (κ3) is 3.77. The van der Waals surface area contributed by atoms with Crippen molar-refractivity contribution in [1.82, 2.24) is 15.1 Å². The first kappa shape index (κ1) is 12.3. The van der Waals surface area contributed by atoms with E-state index >= 15 is 0 Å². The van der Waals surface area contributed by atoms with E-state index in [1.165, 1.54) is 0 Å². The molecule has 0 aliphatic heterocycles. The maximum atomic E-state index is 11.5. The standard InChI is InChI=1S/C12H17N3O/c1-4-5-6-7-13-12(16)9-15-11(3)8-10(2)14-15/h8H,6-7,9H2,1-3H3,(H,13,16). The molecule has 1 N–H and O–H groups in total. The van der Waals surface area contributed by atoms with Crippen LogP contribution in [-0.2, 0) is 11.3 Å². The van der Waals surface area contributed by atoms with E-state index in [1.807, 2.05) is 19.9 Å². The Bertz CT molecular complexity index is 423. The van der Waals surface area contributed by atoms with Crippen LogP contribution in [0.4, 0.5) is 0 Å². The number of nitrogens with one attached hydrogen (secondary N) is 1. The van der Waals surface area contributed by atoms with E-state index < -0.39 is 0 Å². The molecule has 0 unspecified atom stereocenters. The highest BCUT2D eigenvalue weighted by molar-refractivity contribution is 5.75. The lowest BCUT2D eigenvalue weighted by Gasteiger charge is -2.04. The van der Waals surface area contributed by atoms with Crippen molar-refractivity contribution in [3.05, 3.63) is 17.5 Å². The van der Waals surface area contributed by atoms with E-state index in [1.54, 1.807) is 11.6 Å². The molecule has 0 aromatic carbocycles. The number of nitrogens with zero attached hydrogens (tertiary/aromatic N) is 2. The number of amides is 1. The fraction of sp³-hybridized carbons (Fsp3) is 0.500. The van der Waals surface area contributed by atoms with Crippen molar-refractivity contribution in [2.75, 3.05) is 6.54 Å². The molecular weight excluding hydrogens is 202 g/mol. The number of hydrogen-bond acceptors (Lipinski definition) is 2. The number of carbonyl (C=O) groups is 1. The Kier molecular flexibility index (Phi) is 4.59. The summed E-state index contributed by atoms with van der Waals surface area (Å²) in [4.78, 5) is 11.5. The van der Waals surface area contributed by atoms with E-state index in [4.69, 9.17) is 0 Å². The second kappa shape index (κ2) is 5.96. The molecule has 0 radical (unpaired) electrons. The van der Waals surface area contributed by atoms with Crippen molar-refractivity contribution in [2.24, 2.45) is 0 Å². The minimum atomic E-state index is -0.0240. The molecule has 0 aliphatic rings. The van der Waals surface area contributed by atoms with Crippen LogP contribution < -0.4 is 5.32 Å². The normalized spacial score (nSPS) is 9.44. The molecule has 86 valence electrons. The van der Waals surface area contributed by atoms with Crippen molar-refractivity contribution in [2.45, 2.75) is 33.7 Å². The second-order valence-corrected chi connectivity index (χ2v) is 3.61. The number of rotatable bonds is 4. The van der Waals surface area contributed by atoms with Crippen molar-refractivity contribution in [3.8, 4) is 11.8 Å². The van der Waals surface area contributed by atoms with Crippen LogP contribution >= 0.6 is 0 Å². The van der Waals surface area contributed by atoms with Crippen molar-refractivity contribution >= 4 is 5.91 Å². The fourth-order valence-corrected chi connectivity index (χ4v) is 1.42. The molecule has 0 spiro atoms. The number of aryl methyl sites for hydroxylation is 2. The van der Waals surface area contributed by atoms with Crippen LogP contribution in [0.1, 0.15) is 24.7 Å². The monoisotopic (exact) mass is 219 g/mol. The lowest BCUT2D eigenvalue weighted by Crippen LogP contribution is -2.29. The van der Waals surface area contributed by atoms with Gasteiger partial charge < -0.3 is 5.32 Å². The Morgan fingerprint density at radius 1 is 1.56 bits per heavy atom. The molecule has 0 saturated heterocycles. The number of aromatic nitrogens is 2. The summed E-state index contributed by atoms with van der Waals surface area (Å²) < 4.78 is 1.70. The summed E-state index contributed by atoms with van der Waals surface area (Å²) in [6.45, 7) is 6.52. The second-order valence-electron chi connectivity index (χ2n) is 3.61. The van der Waals surface area contributed by atoms with Gasteiger partial charge >= 0.3 is 0 Å². The summed E-state index contributed by atoms with van der Waals surface area (Å²) in [7, 11) is 0. The van der Waals surface area contributed by atoms with Gasteiger partial charge in [-0.15, -0.1) is 11.8 Å². The van der Waals surface area contributed by atoms with Crippen LogP contribution in [-0.4, -0.2) is 22.2 Å². The van der Waals surface area contributed by atoms with Gasteiger partial charge in [0.05, 0.1) is 5.69 Å². The lowest BCUT2D eigenvalue weighted by molar-refractivity contribution is -0.121. The SMILES string of the molecule is CC#CCCNC(=O)Cn1nc(C)cc1C. The van der Waals surface area contributed by atoms with E-state index in [2.05, 4.69) is 22.3 Å². The number of carbonyl (C=O) groups excluding carboxylic acids is 1. The summed E-state index contributed by atoms with van der Waals surface area (Å²) in [6.07, 6.45) is 0.694. The summed E-state index contributed by atoms with van der Waals surface area (Å²) in [5, 5.41) is 7.02. The molecule has 4 nitrogen and oxygen atoms in total. The molecule has 0 saturated carbocycles. The first-order valence-corrected chi connectivity index (χ1v) is 5.31. The fourth-order valence-electron chi connectivity index (χ4n) is 1.42. The lowest BCUT2D eigenvalue weighted by atomic mass is 10.4. The summed E-state index contributed by atoms with van der Waals surface area (Å²) >= 11 is 0. The maximum Gasteiger partial charge on any atom is 0.241 e. The summed E-state index contributed by atoms with van der Waals surface area (Å²) in [5.41, 5.74) is 1.93. The van der Waals surface area contributed by atoms with Gasteiger partial charge in [0, 0.05) is 18.7 Å². The van der Waals surface area contributed by atoms with Gasteiger partial charge in [-0.25, -0.2) is 0 Å². The highest BCUT2D eigenvalue weighted by Crippen LogP contribution is 2.00. The van der Waals surface area contributed by atoms with E-state index in [-0.39, 0.29) is 12.5 Å². The van der Waals surface area contributed by atoms with Crippen LogP contribution in [0.5, 0.6) is 0 Å². The highest BCUT2D eigenvalue weighted by atomic mass is 16.2. The maximum absolute atomic E-state index is 11.5. The van der Waals surface area contributed by atoms with Gasteiger partial charge in [0.15, 0.2) is 0 Å². The van der Waals surface area contributed by atoms with Crippen LogP contribution in [0.25, 0.3) is 0 Å². The van der Waals surface area contributed by atoms with Crippen LogP contribution in [0.3, 0.4) is 0 Å². The van der Waals surface area contributed by atoms with E-state index in [0.29, 0.717) is 13.0 Å². The molecule has 1 aromatic heterocycles. The molecule has 1 rings (SSSR count). The third-order valence-corrected chi connectivity index (χ3v) is 2.15. The van der Waals surface area contributed by atoms with E-state index in [9.17, 15) is 4.79 Å². The largest absolute Gasteiger partial charge is 0.354 e. The topological polar surface area (TPSA) is 46.9 Å². The minimum absolute atomic E-state index is 0.0240. The Morgan fingerprint density at radius 2 is 2.31 bits per heavy atom. The van der Waals surface area contributed by atoms with Gasteiger partial charge in [0.25, 0.3) is 0 Å². The van der Waals surface area contributed by atoms with Gasteiger partial charge in [0.2, 0.25) is 5.91 Å². The molecule has 4 heteroatoms. The van der Waals surface area contributed by atoms with Crippen molar-refractivity contribution < 1.29 is 4.79 Å². The zero-order chi connectivity index (χ0) is 12.0. The Labute approximate surface area is 96.0 Å². The minimum Gasteiger partial charge on any atom is -0.354 e. The molecule has 0 bridgehead atoms. The van der Waals surface area contributed by atoms with Crippen molar-refractivity contribution in [1.29, 1.82) is 0 Å². The van der Waals surface area contributed by atoms with Crippen LogP contribution in [0, 0.1) is 25.7 Å². The quantitative estimate of drug-likeness (QED) is 0.607. The average molecular weight is 219 g/mol. The smallest absolute Gasteiger partial charge is 0.241 e. The van der Waals surface area contributed by atoms with Gasteiger partial charge in [-0.2, -0.15) is 5.10 Å². The van der Waals surface area contributed by atoms with Crippen LogP contribution in [0.15, 0.2) is 6.07 Å². The molecule has 1 amide bonds. The molecule has 1 aromatic rings. The average Bonchev–Trinajstić information content (AvgIpc) is 2.52. The molecule has 0 aliphatic carbocycles. The first-order chi connectivity index (χ1) is 7.63. The third-order valence-electron chi connectivity index (χ3n) is 2.15. The summed E-state index contributed by atoms with van der Waals surface area (Å²) in [6, 6.07) is 1.95. The zero-order valence-corrected chi connectivity index (χ0v) is 10.0. The Morgan fingerprint density at radius 3 is 2.88 bits per heavy atom. The first-order valence-electron chi connectivity index (χ1n) is 5.31. The van der Waals surface area contributed by atoms with Crippen LogP contribution in [0.2, 0.25) is 0 Å². The Hall–Kier alpha value is -1.76. The van der Waals surface area contributed by atoms with Gasteiger partial charge in [-0.3, -0.25) is 9.48 Å². The molecule has 0 fully saturated rings. The number of hydrogen-bond donors (Lipinski definition) is 1. The molecule has 1 heterocycles. The van der Waals surface area contributed by atoms with Crippen molar-refractivity contribution in [3.63, 3.8) is 0 Å². The molecule has 16 heavy (non-hydrogen) atoms. The van der Waals surface area contributed by atoms with Gasteiger partial charge in [-0.1, -0.05) is 0 Å². The van der Waals surface area contributed by atoms with E-state index in [0.717, 1.165) is 11.4 Å². The Balaban J connectivity index is 2.39. The molecule has 0 atom stereocenters. The highest BCUT2D eigenvalue weighted by Gasteiger charge is 2.05. The molecular formula is C12H17N3O. The van der Waals surface area contributed by atoms with Gasteiger partial charge in [0.1, 0.15) is 6.54 Å². The predicted octanol–water partition coefficient (Wildman–Crippen LogP) is 1.03.